The topological polar surface area (TPSA) is 68.2 Å². The molecule has 4 nitrogen and oxygen atoms in total. The number of fused-ring (bicyclic) bond motifs is 1. The second-order valence-electron chi connectivity index (χ2n) is 6.03. The Morgan fingerprint density at radius 2 is 2.08 bits per heavy atom. The van der Waals surface area contributed by atoms with Crippen LogP contribution in [0.5, 0.6) is 0 Å². The zero-order valence-electron chi connectivity index (χ0n) is 13.7. The molecule has 0 aliphatic heterocycles. The van der Waals surface area contributed by atoms with Crippen LogP contribution in [0.4, 0.5) is 10.1 Å². The van der Waals surface area contributed by atoms with Gasteiger partial charge in [0.2, 0.25) is 0 Å². The van der Waals surface area contributed by atoms with Gasteiger partial charge in [-0.15, -0.1) is 0 Å². The Bertz CT molecular complexity index is 1010. The zero-order chi connectivity index (χ0) is 18.1. The largest absolute Gasteiger partial charge is 0.397 e. The van der Waals surface area contributed by atoms with Crippen molar-refractivity contribution in [3.63, 3.8) is 0 Å². The van der Waals surface area contributed by atoms with E-state index in [1.165, 1.54) is 6.07 Å². The predicted molar refractivity (Wildman–Crippen MR) is 98.7 cm³/mol. The number of nitrogens with two attached hydrogens (primary N) is 1. The van der Waals surface area contributed by atoms with Crippen LogP contribution in [0, 0.1) is 12.7 Å². The van der Waals surface area contributed by atoms with E-state index in [9.17, 15) is 14.3 Å². The SMILES string of the molecule is Cc1cn(CCO)c2c(N)cc(Cc3cccc(Cl)c3F)cc2c1=O. The predicted octanol–water partition coefficient (Wildman–Crippen LogP) is 3.27. The van der Waals surface area contributed by atoms with E-state index in [0.717, 1.165) is 5.56 Å². The van der Waals surface area contributed by atoms with Gasteiger partial charge in [0, 0.05) is 30.1 Å². The van der Waals surface area contributed by atoms with Gasteiger partial charge in [-0.2, -0.15) is 0 Å². The van der Waals surface area contributed by atoms with Gasteiger partial charge in [-0.25, -0.2) is 4.39 Å². The number of hydrogen-bond acceptors (Lipinski definition) is 3. The Kier molecular flexibility index (Phi) is 4.79. The molecule has 0 aliphatic carbocycles. The summed E-state index contributed by atoms with van der Waals surface area (Å²) < 4.78 is 15.9. The van der Waals surface area contributed by atoms with Crippen molar-refractivity contribution in [2.24, 2.45) is 0 Å². The lowest BCUT2D eigenvalue weighted by molar-refractivity contribution is 0.278. The highest BCUT2D eigenvalue weighted by Gasteiger charge is 2.13. The molecule has 3 aromatic rings. The lowest BCUT2D eigenvalue weighted by Gasteiger charge is -2.15. The fourth-order valence-electron chi connectivity index (χ4n) is 3.07. The number of rotatable bonds is 4. The third-order valence-electron chi connectivity index (χ3n) is 4.21. The standard InChI is InChI=1S/C19H18ClFN2O2/c1-11-10-23(5-6-24)18-14(19(11)25)8-12(9-16(18)22)7-13-3-2-4-15(20)17(13)21/h2-4,8-10,24H,5-7,22H2,1H3. The van der Waals surface area contributed by atoms with E-state index in [4.69, 9.17) is 17.3 Å². The third kappa shape index (κ3) is 3.25. The summed E-state index contributed by atoms with van der Waals surface area (Å²) in [4.78, 5) is 12.5. The summed E-state index contributed by atoms with van der Waals surface area (Å²) in [5, 5.41) is 9.77. The zero-order valence-corrected chi connectivity index (χ0v) is 14.5. The Balaban J connectivity index is 2.17. The van der Waals surface area contributed by atoms with Crippen molar-refractivity contribution in [1.82, 2.24) is 4.57 Å². The monoisotopic (exact) mass is 360 g/mol. The second-order valence-corrected chi connectivity index (χ2v) is 6.44. The van der Waals surface area contributed by atoms with Crippen LogP contribution in [-0.4, -0.2) is 16.3 Å². The number of hydrogen-bond donors (Lipinski definition) is 2. The molecule has 0 unspecified atom stereocenters. The summed E-state index contributed by atoms with van der Waals surface area (Å²) in [5.74, 6) is -0.468. The first-order valence-corrected chi connectivity index (χ1v) is 8.26. The maximum Gasteiger partial charge on any atom is 0.192 e. The van der Waals surface area contributed by atoms with E-state index in [1.807, 2.05) is 0 Å². The quantitative estimate of drug-likeness (QED) is 0.702. The first-order valence-electron chi connectivity index (χ1n) is 7.88. The molecule has 3 N–H and O–H groups in total. The lowest BCUT2D eigenvalue weighted by atomic mass is 10.0. The van der Waals surface area contributed by atoms with Gasteiger partial charge in [0.05, 0.1) is 22.8 Å². The highest BCUT2D eigenvalue weighted by molar-refractivity contribution is 6.30. The van der Waals surface area contributed by atoms with Gasteiger partial charge in [-0.1, -0.05) is 23.7 Å². The molecule has 0 spiro atoms. The lowest BCUT2D eigenvalue weighted by Crippen LogP contribution is -2.15. The van der Waals surface area contributed by atoms with Crippen LogP contribution in [0.1, 0.15) is 16.7 Å². The first-order chi connectivity index (χ1) is 11.9. The molecule has 6 heteroatoms. The molecule has 0 amide bonds. The van der Waals surface area contributed by atoms with Crippen LogP contribution in [0.2, 0.25) is 5.02 Å². The maximum atomic E-state index is 14.2. The molecule has 1 heterocycles. The minimum atomic E-state index is -0.468. The van der Waals surface area contributed by atoms with Crippen molar-refractivity contribution in [1.29, 1.82) is 0 Å². The Labute approximate surface area is 149 Å². The molecule has 0 saturated heterocycles. The molecule has 2 aromatic carbocycles. The maximum absolute atomic E-state index is 14.2. The van der Waals surface area contributed by atoms with E-state index in [2.05, 4.69) is 0 Å². The van der Waals surface area contributed by atoms with E-state index >= 15 is 0 Å². The van der Waals surface area contributed by atoms with Crippen molar-refractivity contribution in [2.75, 3.05) is 12.3 Å². The number of aromatic nitrogens is 1. The number of aliphatic hydroxyl groups excluding tert-OH is 1. The Hall–Kier alpha value is -2.37. The summed E-state index contributed by atoms with van der Waals surface area (Å²) in [6.45, 7) is 1.99. The van der Waals surface area contributed by atoms with E-state index in [1.54, 1.807) is 42.0 Å². The van der Waals surface area contributed by atoms with Gasteiger partial charge >= 0.3 is 0 Å². The molecule has 0 atom stereocenters. The van der Waals surface area contributed by atoms with Crippen LogP contribution in [0.15, 0.2) is 41.3 Å². The Morgan fingerprint density at radius 3 is 2.80 bits per heavy atom. The summed E-state index contributed by atoms with van der Waals surface area (Å²) in [6.07, 6.45) is 1.97. The number of benzene rings is 2. The van der Waals surface area contributed by atoms with Crippen LogP contribution in [0.3, 0.4) is 0 Å². The minimum absolute atomic E-state index is 0.0624. The van der Waals surface area contributed by atoms with Gasteiger partial charge in [0.25, 0.3) is 0 Å². The van der Waals surface area contributed by atoms with Gasteiger partial charge in [0.15, 0.2) is 5.43 Å². The number of aryl methyl sites for hydroxylation is 1. The van der Waals surface area contributed by atoms with Crippen LogP contribution in [0.25, 0.3) is 10.9 Å². The number of halogens is 2. The normalized spacial score (nSPS) is 11.2. The summed E-state index contributed by atoms with van der Waals surface area (Å²) in [6, 6.07) is 8.29. The molecule has 3 rings (SSSR count). The highest BCUT2D eigenvalue weighted by atomic mass is 35.5. The van der Waals surface area contributed by atoms with Crippen LogP contribution >= 0.6 is 11.6 Å². The Morgan fingerprint density at radius 1 is 1.32 bits per heavy atom. The first kappa shape index (κ1) is 17.5. The summed E-state index contributed by atoms with van der Waals surface area (Å²) >= 11 is 5.83. The molecule has 0 fully saturated rings. The van der Waals surface area contributed by atoms with Crippen molar-refractivity contribution < 1.29 is 9.50 Å². The molecule has 0 saturated carbocycles. The van der Waals surface area contributed by atoms with E-state index < -0.39 is 5.82 Å². The molecule has 0 aliphatic rings. The fourth-order valence-corrected chi connectivity index (χ4v) is 3.27. The molecule has 0 radical (unpaired) electrons. The smallest absolute Gasteiger partial charge is 0.192 e. The van der Waals surface area contributed by atoms with Gasteiger partial charge in [-0.05, 0) is 36.2 Å². The number of pyridine rings is 1. The van der Waals surface area contributed by atoms with Gasteiger partial charge in [0.1, 0.15) is 5.82 Å². The van der Waals surface area contributed by atoms with Gasteiger partial charge in [-0.3, -0.25) is 4.79 Å². The number of nitrogen functional groups attached to an aromatic ring is 1. The third-order valence-corrected chi connectivity index (χ3v) is 4.50. The van der Waals surface area contributed by atoms with E-state index in [-0.39, 0.29) is 23.5 Å². The van der Waals surface area contributed by atoms with Crippen molar-refractivity contribution >= 4 is 28.2 Å². The average molecular weight is 361 g/mol. The molecule has 130 valence electrons. The second kappa shape index (κ2) is 6.86. The number of aliphatic hydroxyl groups is 1. The van der Waals surface area contributed by atoms with Crippen molar-refractivity contribution in [3.8, 4) is 0 Å². The van der Waals surface area contributed by atoms with Gasteiger partial charge < -0.3 is 15.4 Å². The number of nitrogens with zero attached hydrogens (tertiary/aromatic N) is 1. The fraction of sp³-hybridized carbons (Fsp3) is 0.211. The molecule has 25 heavy (non-hydrogen) atoms. The van der Waals surface area contributed by atoms with Crippen molar-refractivity contribution in [3.05, 3.63) is 74.3 Å². The average Bonchev–Trinajstić information content (AvgIpc) is 2.56. The van der Waals surface area contributed by atoms with Crippen LogP contribution in [-0.2, 0) is 13.0 Å². The van der Waals surface area contributed by atoms with Crippen LogP contribution < -0.4 is 11.2 Å². The van der Waals surface area contributed by atoms with E-state index in [0.29, 0.717) is 34.3 Å². The summed E-state index contributed by atoms with van der Waals surface area (Å²) in [5.41, 5.74) is 8.77. The molecule has 1 aromatic heterocycles. The minimum Gasteiger partial charge on any atom is -0.397 e. The summed E-state index contributed by atoms with van der Waals surface area (Å²) in [7, 11) is 0. The molecule has 0 bridgehead atoms. The molecular formula is C19H18ClFN2O2. The number of anilines is 1. The highest BCUT2D eigenvalue weighted by Crippen LogP contribution is 2.25. The molecular weight excluding hydrogens is 343 g/mol. The van der Waals surface area contributed by atoms with Crippen molar-refractivity contribution in [2.45, 2.75) is 19.9 Å².